The fourth-order valence-corrected chi connectivity index (χ4v) is 1.50. The molecule has 0 bridgehead atoms. The Morgan fingerprint density at radius 2 is 1.71 bits per heavy atom. The molecule has 0 aromatic heterocycles. The van der Waals surface area contributed by atoms with Crippen molar-refractivity contribution >= 4 is 6.29 Å². The van der Waals surface area contributed by atoms with Gasteiger partial charge in [-0.15, -0.1) is 0 Å². The standard InChI is InChI=1S/C8H6O3.C6H14O2.C3H8O2/c9-4-6-1-2-7-8(3-6)11-5-10-7;1-4-7-6(3)8-5-2;1-3(5)2-4/h1-4H,5H2;6H,4-5H2,1-3H3;3-5H,2H2,1H3. The topological polar surface area (TPSA) is 94.5 Å². The van der Waals surface area contributed by atoms with Crippen LogP contribution in [-0.4, -0.2) is 55.5 Å². The maximum atomic E-state index is 10.3. The molecular formula is C17H28O7. The molecule has 0 saturated carbocycles. The Morgan fingerprint density at radius 3 is 2.17 bits per heavy atom. The van der Waals surface area contributed by atoms with Gasteiger partial charge in [0.25, 0.3) is 0 Å². The molecule has 138 valence electrons. The number of benzene rings is 1. The fourth-order valence-electron chi connectivity index (χ4n) is 1.50. The highest BCUT2D eigenvalue weighted by molar-refractivity contribution is 5.76. The zero-order valence-corrected chi connectivity index (χ0v) is 14.7. The van der Waals surface area contributed by atoms with Crippen molar-refractivity contribution in [2.75, 3.05) is 26.6 Å². The number of hydrogen-bond donors (Lipinski definition) is 2. The number of fused-ring (bicyclic) bond motifs is 1. The minimum atomic E-state index is -0.560. The lowest BCUT2D eigenvalue weighted by Gasteiger charge is -2.09. The van der Waals surface area contributed by atoms with E-state index in [1.165, 1.54) is 6.92 Å². The first-order chi connectivity index (χ1) is 11.5. The van der Waals surface area contributed by atoms with E-state index in [-0.39, 0.29) is 19.7 Å². The summed E-state index contributed by atoms with van der Waals surface area (Å²) >= 11 is 0. The molecule has 24 heavy (non-hydrogen) atoms. The van der Waals surface area contributed by atoms with Gasteiger partial charge in [-0.1, -0.05) is 0 Å². The van der Waals surface area contributed by atoms with Crippen LogP contribution >= 0.6 is 0 Å². The van der Waals surface area contributed by atoms with Crippen molar-refractivity contribution in [3.05, 3.63) is 23.8 Å². The molecule has 1 aromatic rings. The van der Waals surface area contributed by atoms with Gasteiger partial charge in [-0.25, -0.2) is 0 Å². The van der Waals surface area contributed by atoms with Crippen molar-refractivity contribution < 1.29 is 34.0 Å². The number of aliphatic hydroxyl groups excluding tert-OH is 2. The molecule has 0 aliphatic carbocycles. The van der Waals surface area contributed by atoms with Crippen LogP contribution in [-0.2, 0) is 9.47 Å². The van der Waals surface area contributed by atoms with Crippen molar-refractivity contribution in [2.45, 2.75) is 40.1 Å². The van der Waals surface area contributed by atoms with Crippen LogP contribution in [0.3, 0.4) is 0 Å². The molecule has 7 heteroatoms. The summed E-state index contributed by atoms with van der Waals surface area (Å²) in [5.41, 5.74) is 0.606. The first-order valence-corrected chi connectivity index (χ1v) is 7.85. The van der Waals surface area contributed by atoms with Gasteiger partial charge in [0.2, 0.25) is 6.79 Å². The Labute approximate surface area is 143 Å². The van der Waals surface area contributed by atoms with Crippen LogP contribution < -0.4 is 9.47 Å². The maximum Gasteiger partial charge on any atom is 0.231 e. The minimum Gasteiger partial charge on any atom is -0.454 e. The van der Waals surface area contributed by atoms with Crippen molar-refractivity contribution in [1.82, 2.24) is 0 Å². The molecule has 0 amide bonds. The molecular weight excluding hydrogens is 316 g/mol. The van der Waals surface area contributed by atoms with Gasteiger partial charge in [-0.05, 0) is 45.9 Å². The van der Waals surface area contributed by atoms with Gasteiger partial charge in [0, 0.05) is 18.8 Å². The highest BCUT2D eigenvalue weighted by Crippen LogP contribution is 2.31. The second kappa shape index (κ2) is 13.7. The molecule has 0 radical (unpaired) electrons. The van der Waals surface area contributed by atoms with Gasteiger partial charge in [0.1, 0.15) is 6.29 Å². The summed E-state index contributed by atoms with van der Waals surface area (Å²) in [6.07, 6.45) is 0.182. The largest absolute Gasteiger partial charge is 0.454 e. The van der Waals surface area contributed by atoms with Gasteiger partial charge in [-0.3, -0.25) is 4.79 Å². The number of ether oxygens (including phenoxy) is 4. The molecule has 1 aliphatic heterocycles. The van der Waals surface area contributed by atoms with Crippen LogP contribution in [0, 0.1) is 0 Å². The van der Waals surface area contributed by atoms with E-state index in [1.54, 1.807) is 18.2 Å². The van der Waals surface area contributed by atoms with Crippen molar-refractivity contribution in [2.24, 2.45) is 0 Å². The Bertz CT molecular complexity index is 443. The van der Waals surface area contributed by atoms with E-state index in [0.717, 1.165) is 19.5 Å². The van der Waals surface area contributed by atoms with Crippen LogP contribution in [0.25, 0.3) is 0 Å². The zero-order valence-electron chi connectivity index (χ0n) is 14.7. The van der Waals surface area contributed by atoms with Gasteiger partial charge in [0.05, 0.1) is 12.7 Å². The lowest BCUT2D eigenvalue weighted by molar-refractivity contribution is -0.123. The van der Waals surface area contributed by atoms with Gasteiger partial charge < -0.3 is 29.2 Å². The van der Waals surface area contributed by atoms with Gasteiger partial charge >= 0.3 is 0 Å². The fraction of sp³-hybridized carbons (Fsp3) is 0.588. The maximum absolute atomic E-state index is 10.3. The van der Waals surface area contributed by atoms with Crippen LogP contribution in [0.4, 0.5) is 0 Å². The first kappa shape index (κ1) is 22.3. The number of aldehydes is 1. The SMILES string of the molecule is CC(O)CO.CCOC(C)OCC.O=Cc1ccc2c(c1)OCO2. The lowest BCUT2D eigenvalue weighted by Crippen LogP contribution is -2.11. The third-order valence-corrected chi connectivity index (χ3v) is 2.60. The molecule has 0 saturated heterocycles. The van der Waals surface area contributed by atoms with Crippen molar-refractivity contribution in [3.8, 4) is 11.5 Å². The molecule has 1 aliphatic rings. The normalized spacial score (nSPS) is 12.6. The smallest absolute Gasteiger partial charge is 0.231 e. The van der Waals surface area contributed by atoms with E-state index >= 15 is 0 Å². The Morgan fingerprint density at radius 1 is 1.17 bits per heavy atom. The van der Waals surface area contributed by atoms with E-state index in [2.05, 4.69) is 0 Å². The van der Waals surface area contributed by atoms with Crippen molar-refractivity contribution in [1.29, 1.82) is 0 Å². The summed E-state index contributed by atoms with van der Waals surface area (Å²) in [5.74, 6) is 1.35. The molecule has 7 nitrogen and oxygen atoms in total. The van der Waals surface area contributed by atoms with Crippen molar-refractivity contribution in [3.63, 3.8) is 0 Å². The predicted molar refractivity (Wildman–Crippen MR) is 89.4 cm³/mol. The molecule has 0 fully saturated rings. The summed E-state index contributed by atoms with van der Waals surface area (Å²) in [6, 6.07) is 5.09. The van der Waals surface area contributed by atoms with Crippen LogP contribution in [0.15, 0.2) is 18.2 Å². The van der Waals surface area contributed by atoms with E-state index in [0.29, 0.717) is 17.1 Å². The number of carbonyl (C=O) groups is 1. The summed E-state index contributed by atoms with van der Waals surface area (Å²) in [5, 5.41) is 16.0. The number of rotatable bonds is 6. The zero-order chi connectivity index (χ0) is 18.4. The number of aliphatic hydroxyl groups is 2. The highest BCUT2D eigenvalue weighted by Gasteiger charge is 2.12. The molecule has 2 rings (SSSR count). The third kappa shape index (κ3) is 10.2. The van der Waals surface area contributed by atoms with E-state index in [9.17, 15) is 4.79 Å². The third-order valence-electron chi connectivity index (χ3n) is 2.60. The number of hydrogen-bond acceptors (Lipinski definition) is 7. The monoisotopic (exact) mass is 344 g/mol. The highest BCUT2D eigenvalue weighted by atomic mass is 16.7. The summed E-state index contributed by atoms with van der Waals surface area (Å²) in [6.45, 7) is 8.89. The Kier molecular flexibility index (Phi) is 12.8. The molecule has 1 atom stereocenters. The first-order valence-electron chi connectivity index (χ1n) is 7.85. The predicted octanol–water partition coefficient (Wildman–Crippen LogP) is 1.99. The molecule has 1 heterocycles. The average molecular weight is 344 g/mol. The van der Waals surface area contributed by atoms with E-state index in [1.807, 2.05) is 20.8 Å². The van der Waals surface area contributed by atoms with Gasteiger partial charge in [-0.2, -0.15) is 0 Å². The van der Waals surface area contributed by atoms with E-state index < -0.39 is 6.10 Å². The lowest BCUT2D eigenvalue weighted by atomic mass is 10.2. The second-order valence-corrected chi connectivity index (χ2v) is 4.74. The molecule has 2 N–H and O–H groups in total. The molecule has 1 unspecified atom stereocenters. The molecule has 0 spiro atoms. The van der Waals surface area contributed by atoms with E-state index in [4.69, 9.17) is 29.2 Å². The van der Waals surface area contributed by atoms with Crippen LogP contribution in [0.2, 0.25) is 0 Å². The van der Waals surface area contributed by atoms with Crippen LogP contribution in [0.1, 0.15) is 38.1 Å². The summed E-state index contributed by atoms with van der Waals surface area (Å²) < 4.78 is 20.2. The quantitative estimate of drug-likeness (QED) is 0.602. The van der Waals surface area contributed by atoms with Crippen LogP contribution in [0.5, 0.6) is 11.5 Å². The van der Waals surface area contributed by atoms with Gasteiger partial charge in [0.15, 0.2) is 17.8 Å². The molecule has 1 aromatic carbocycles. The number of carbonyl (C=O) groups excluding carboxylic acids is 1. The summed E-state index contributed by atoms with van der Waals surface area (Å²) in [7, 11) is 0. The minimum absolute atomic E-state index is 0.0370. The Hall–Kier alpha value is -1.67. The Balaban J connectivity index is 0.000000361. The average Bonchev–Trinajstić information content (AvgIpc) is 3.04. The summed E-state index contributed by atoms with van der Waals surface area (Å²) in [4.78, 5) is 10.3. The second-order valence-electron chi connectivity index (χ2n) is 4.74.